The summed E-state index contributed by atoms with van der Waals surface area (Å²) >= 11 is 0. The van der Waals surface area contributed by atoms with Crippen LogP contribution >= 0.6 is 0 Å². The zero-order valence-corrected chi connectivity index (χ0v) is 7.17. The molecule has 0 bridgehead atoms. The maximum atomic E-state index is 8.65. The summed E-state index contributed by atoms with van der Waals surface area (Å²) in [5, 5.41) is 8.65. The molecule has 0 heterocycles. The van der Waals surface area contributed by atoms with Crippen LogP contribution in [0.3, 0.4) is 0 Å². The summed E-state index contributed by atoms with van der Waals surface area (Å²) in [6.07, 6.45) is 0. The van der Waals surface area contributed by atoms with Crippen molar-refractivity contribution in [2.75, 3.05) is 33.3 Å². The second-order valence-electron chi connectivity index (χ2n) is 2.70. The molecule has 10 heavy (non-hydrogen) atoms. The first-order valence-electron chi connectivity index (χ1n) is 3.63. The Bertz CT molecular complexity index is 72.0. The third kappa shape index (κ3) is 3.82. The Morgan fingerprint density at radius 3 is 1.70 bits per heavy atom. The van der Waals surface area contributed by atoms with E-state index in [4.69, 9.17) is 5.11 Å². The molecule has 0 radical (unpaired) electrons. The lowest BCUT2D eigenvalue weighted by Gasteiger charge is -2.31. The van der Waals surface area contributed by atoms with E-state index in [0.717, 1.165) is 24.1 Å². The van der Waals surface area contributed by atoms with Crippen molar-refractivity contribution in [1.82, 2.24) is 0 Å². The Kier molecular flexibility index (Phi) is 7.09. The molecule has 0 amide bonds. The quantitative estimate of drug-likeness (QED) is 0.584. The number of nitrogens with zero attached hydrogens (tertiary/aromatic N) is 1. The van der Waals surface area contributed by atoms with Crippen LogP contribution in [0.5, 0.6) is 0 Å². The monoisotopic (exact) mass is 149 g/mol. The van der Waals surface area contributed by atoms with Gasteiger partial charge < -0.3 is 15.1 Å². The summed E-state index contributed by atoms with van der Waals surface area (Å²) in [7, 11) is 2.16. The number of aliphatic hydroxyl groups is 1. The van der Waals surface area contributed by atoms with Crippen molar-refractivity contribution in [2.45, 2.75) is 13.8 Å². The number of likely N-dealkylation sites (N-methyl/N-ethyl adjacent to an activating group) is 1. The molecule has 0 aliphatic rings. The topological polar surface area (TPSA) is 50.2 Å². The molecular weight excluding hydrogens is 130 g/mol. The van der Waals surface area contributed by atoms with Gasteiger partial charge in [-0.25, -0.2) is 0 Å². The van der Waals surface area contributed by atoms with Gasteiger partial charge >= 0.3 is 0 Å². The van der Waals surface area contributed by atoms with E-state index in [2.05, 4.69) is 20.9 Å². The van der Waals surface area contributed by atoms with Crippen molar-refractivity contribution >= 4 is 0 Å². The highest BCUT2D eigenvalue weighted by Crippen LogP contribution is 1.98. The molecule has 0 atom stereocenters. The zero-order chi connectivity index (χ0) is 7.33. The molecule has 2 N–H and O–H groups in total. The number of hydrogen-bond donors (Lipinski definition) is 1. The predicted molar refractivity (Wildman–Crippen MR) is 41.2 cm³/mol. The van der Waals surface area contributed by atoms with Crippen LogP contribution in [0, 0.1) is 0 Å². The van der Waals surface area contributed by atoms with Gasteiger partial charge in [0.2, 0.25) is 0 Å². The molecule has 0 rings (SSSR count). The van der Waals surface area contributed by atoms with Crippen molar-refractivity contribution in [3.8, 4) is 0 Å². The lowest BCUT2D eigenvalue weighted by atomic mass is 10.4. The minimum Gasteiger partial charge on any atom is -0.870 e. The van der Waals surface area contributed by atoms with Crippen LogP contribution in [0.1, 0.15) is 13.8 Å². The van der Waals surface area contributed by atoms with Gasteiger partial charge in [-0.15, -0.1) is 0 Å². The Balaban J connectivity index is 0. The fourth-order valence-corrected chi connectivity index (χ4v) is 0.781. The zero-order valence-electron chi connectivity index (χ0n) is 7.17. The van der Waals surface area contributed by atoms with Gasteiger partial charge in [0.05, 0.1) is 26.7 Å². The van der Waals surface area contributed by atoms with Gasteiger partial charge in [0, 0.05) is 0 Å². The first-order chi connectivity index (χ1) is 4.18. The smallest absolute Gasteiger partial charge is 0.102 e. The fraction of sp³-hybridized carbons (Fsp3) is 1.00. The van der Waals surface area contributed by atoms with Gasteiger partial charge in [-0.3, -0.25) is 0 Å². The second kappa shape index (κ2) is 5.65. The van der Waals surface area contributed by atoms with Crippen LogP contribution in [0.25, 0.3) is 0 Å². The van der Waals surface area contributed by atoms with E-state index in [0.29, 0.717) is 6.61 Å². The second-order valence-corrected chi connectivity index (χ2v) is 2.70. The predicted octanol–water partition coefficient (Wildman–Crippen LogP) is 0.288. The van der Waals surface area contributed by atoms with E-state index in [1.807, 2.05) is 0 Å². The number of aliphatic hydroxyl groups excluding tert-OH is 1. The molecule has 3 nitrogen and oxygen atoms in total. The Morgan fingerprint density at radius 1 is 1.20 bits per heavy atom. The van der Waals surface area contributed by atoms with Gasteiger partial charge in [-0.05, 0) is 13.8 Å². The third-order valence-electron chi connectivity index (χ3n) is 2.17. The average molecular weight is 149 g/mol. The Labute approximate surface area is 63.2 Å². The van der Waals surface area contributed by atoms with Gasteiger partial charge in [0.15, 0.2) is 0 Å². The SMILES string of the molecule is CC[N+](C)(CC)CCO.[OH-]. The minimum atomic E-state index is 0. The molecule has 0 aliphatic heterocycles. The molecule has 0 spiro atoms. The van der Waals surface area contributed by atoms with Crippen molar-refractivity contribution in [3.63, 3.8) is 0 Å². The van der Waals surface area contributed by atoms with Crippen molar-refractivity contribution in [1.29, 1.82) is 0 Å². The largest absolute Gasteiger partial charge is 0.870 e. The molecule has 0 saturated carbocycles. The third-order valence-corrected chi connectivity index (χ3v) is 2.17. The molecule has 0 saturated heterocycles. The number of quaternary nitrogens is 1. The number of rotatable bonds is 4. The Morgan fingerprint density at radius 2 is 1.60 bits per heavy atom. The molecule has 0 fully saturated rings. The first-order valence-corrected chi connectivity index (χ1v) is 3.63. The van der Waals surface area contributed by atoms with Crippen LogP contribution < -0.4 is 0 Å². The maximum absolute atomic E-state index is 8.65. The molecular formula is C7H19NO2. The summed E-state index contributed by atoms with van der Waals surface area (Å²) in [4.78, 5) is 0. The summed E-state index contributed by atoms with van der Waals surface area (Å²) in [6, 6.07) is 0. The summed E-state index contributed by atoms with van der Waals surface area (Å²) in [5.41, 5.74) is 0. The average Bonchev–Trinajstić information content (AvgIpc) is 1.89. The molecule has 0 aromatic carbocycles. The van der Waals surface area contributed by atoms with Crippen molar-refractivity contribution in [3.05, 3.63) is 0 Å². The maximum Gasteiger partial charge on any atom is 0.102 e. The summed E-state index contributed by atoms with van der Waals surface area (Å²) in [6.45, 7) is 7.71. The highest BCUT2D eigenvalue weighted by atomic mass is 16.3. The minimum absolute atomic E-state index is 0. The van der Waals surface area contributed by atoms with Crippen LogP contribution in [0.15, 0.2) is 0 Å². The molecule has 0 aromatic rings. The molecule has 0 unspecified atom stereocenters. The molecule has 0 aromatic heterocycles. The first kappa shape index (κ1) is 12.5. The van der Waals surface area contributed by atoms with E-state index in [1.54, 1.807) is 0 Å². The van der Waals surface area contributed by atoms with Gasteiger partial charge in [0.1, 0.15) is 6.54 Å². The fourth-order valence-electron chi connectivity index (χ4n) is 0.781. The number of hydrogen-bond acceptors (Lipinski definition) is 2. The lowest BCUT2D eigenvalue weighted by molar-refractivity contribution is -0.906. The van der Waals surface area contributed by atoms with E-state index >= 15 is 0 Å². The highest BCUT2D eigenvalue weighted by Gasteiger charge is 2.13. The summed E-state index contributed by atoms with van der Waals surface area (Å²) in [5.74, 6) is 0. The van der Waals surface area contributed by atoms with Crippen molar-refractivity contribution < 1.29 is 15.1 Å². The van der Waals surface area contributed by atoms with Gasteiger partial charge in [-0.1, -0.05) is 0 Å². The van der Waals surface area contributed by atoms with E-state index in [-0.39, 0.29) is 5.48 Å². The molecule has 0 aliphatic carbocycles. The van der Waals surface area contributed by atoms with Crippen molar-refractivity contribution in [2.24, 2.45) is 0 Å². The van der Waals surface area contributed by atoms with E-state index < -0.39 is 0 Å². The highest BCUT2D eigenvalue weighted by molar-refractivity contribution is 4.30. The van der Waals surface area contributed by atoms with E-state index in [9.17, 15) is 0 Å². The van der Waals surface area contributed by atoms with Gasteiger partial charge in [-0.2, -0.15) is 0 Å². The van der Waals surface area contributed by atoms with Crippen LogP contribution in [-0.2, 0) is 0 Å². The normalized spacial score (nSPS) is 10.8. The standard InChI is InChI=1S/C7H18NO.H2O/c1-4-8(3,5-2)6-7-9;/h9H,4-7H2,1-3H3;1H2/q+1;/p-1. The molecule has 3 heteroatoms. The Hall–Kier alpha value is -0.120. The van der Waals surface area contributed by atoms with Crippen LogP contribution in [0.2, 0.25) is 0 Å². The van der Waals surface area contributed by atoms with Crippen LogP contribution in [0.4, 0.5) is 0 Å². The lowest BCUT2D eigenvalue weighted by Crippen LogP contribution is -2.45. The van der Waals surface area contributed by atoms with Gasteiger partial charge in [0.25, 0.3) is 0 Å². The molecule has 64 valence electrons. The van der Waals surface area contributed by atoms with Crippen LogP contribution in [-0.4, -0.2) is 48.4 Å². The summed E-state index contributed by atoms with van der Waals surface area (Å²) < 4.78 is 0.983. The van der Waals surface area contributed by atoms with E-state index in [1.165, 1.54) is 0 Å².